The van der Waals surface area contributed by atoms with E-state index >= 15 is 0 Å². The van der Waals surface area contributed by atoms with Crippen molar-refractivity contribution in [1.82, 2.24) is 5.32 Å². The number of amides is 1. The number of benzene rings is 1. The quantitative estimate of drug-likeness (QED) is 0.453. The van der Waals surface area contributed by atoms with E-state index in [4.69, 9.17) is 5.84 Å². The third-order valence-electron chi connectivity index (χ3n) is 4.00. The predicted molar refractivity (Wildman–Crippen MR) is 77.7 cm³/mol. The third kappa shape index (κ3) is 3.48. The van der Waals surface area contributed by atoms with E-state index in [1.165, 1.54) is 18.6 Å². The molecule has 1 aromatic carbocycles. The fourth-order valence-electron chi connectivity index (χ4n) is 2.75. The van der Waals surface area contributed by atoms with Gasteiger partial charge in [-0.3, -0.25) is 10.6 Å². The molecule has 1 fully saturated rings. The van der Waals surface area contributed by atoms with Gasteiger partial charge in [0.05, 0.1) is 11.3 Å². The Morgan fingerprint density at radius 3 is 2.85 bits per heavy atom. The number of nitrogens with one attached hydrogen (secondary N) is 2. The topological polar surface area (TPSA) is 67.2 Å². The smallest absolute Gasteiger partial charge is 0.253 e. The number of hydrazine groups is 1. The molecule has 4 N–H and O–H groups in total. The first-order valence-electron chi connectivity index (χ1n) is 7.17. The number of anilines is 1. The molecule has 20 heavy (non-hydrogen) atoms. The number of hydrogen-bond donors (Lipinski definition) is 3. The maximum absolute atomic E-state index is 13.6. The largest absolute Gasteiger partial charge is 0.349 e. The molecule has 110 valence electrons. The van der Waals surface area contributed by atoms with Crippen molar-refractivity contribution in [3.05, 3.63) is 29.6 Å². The second kappa shape index (κ2) is 6.70. The molecular weight excluding hydrogens is 257 g/mol. The van der Waals surface area contributed by atoms with E-state index in [1.807, 2.05) is 0 Å². The number of carbonyl (C=O) groups is 1. The van der Waals surface area contributed by atoms with Gasteiger partial charge < -0.3 is 10.7 Å². The average Bonchev–Trinajstić information content (AvgIpc) is 2.63. The normalized spacial score (nSPS) is 22.9. The summed E-state index contributed by atoms with van der Waals surface area (Å²) >= 11 is 0. The van der Waals surface area contributed by atoms with Crippen LogP contribution in [0.5, 0.6) is 0 Å². The van der Waals surface area contributed by atoms with Crippen LogP contribution in [0, 0.1) is 11.7 Å². The summed E-state index contributed by atoms with van der Waals surface area (Å²) in [5.41, 5.74) is 2.57. The van der Waals surface area contributed by atoms with Crippen molar-refractivity contribution in [1.29, 1.82) is 0 Å². The van der Waals surface area contributed by atoms with Crippen molar-refractivity contribution in [2.45, 2.75) is 45.1 Å². The number of para-hydroxylation sites is 1. The lowest BCUT2D eigenvalue weighted by atomic mass is 10.0. The number of carbonyl (C=O) groups excluding carboxylic acids is 1. The molecule has 5 heteroatoms. The minimum atomic E-state index is -0.519. The van der Waals surface area contributed by atoms with Gasteiger partial charge in [-0.25, -0.2) is 4.39 Å². The van der Waals surface area contributed by atoms with E-state index in [1.54, 1.807) is 6.07 Å². The second-order valence-corrected chi connectivity index (χ2v) is 5.59. The summed E-state index contributed by atoms with van der Waals surface area (Å²) in [6.45, 7) is 2.24. The fourth-order valence-corrected chi connectivity index (χ4v) is 2.75. The number of nitrogens with two attached hydrogens (primary N) is 1. The van der Waals surface area contributed by atoms with Crippen LogP contribution in [0.1, 0.15) is 49.4 Å². The van der Waals surface area contributed by atoms with Crippen LogP contribution >= 0.6 is 0 Å². The van der Waals surface area contributed by atoms with Crippen molar-refractivity contribution in [2.75, 3.05) is 5.43 Å². The summed E-state index contributed by atoms with van der Waals surface area (Å²) < 4.78 is 13.6. The number of rotatable bonds is 3. The molecule has 2 atom stereocenters. The highest BCUT2D eigenvalue weighted by molar-refractivity contribution is 5.99. The average molecular weight is 279 g/mol. The number of halogens is 1. The summed E-state index contributed by atoms with van der Waals surface area (Å²) in [7, 11) is 0. The molecule has 0 bridgehead atoms. The van der Waals surface area contributed by atoms with Gasteiger partial charge in [0.15, 0.2) is 0 Å². The Kier molecular flexibility index (Phi) is 4.95. The molecular formula is C15H22FN3O. The molecule has 1 saturated carbocycles. The molecule has 1 aliphatic carbocycles. The molecule has 0 aromatic heterocycles. The zero-order chi connectivity index (χ0) is 14.5. The summed E-state index contributed by atoms with van der Waals surface area (Å²) in [5, 5.41) is 3.00. The molecule has 1 aliphatic rings. The van der Waals surface area contributed by atoms with Crippen LogP contribution in [0.4, 0.5) is 10.1 Å². The van der Waals surface area contributed by atoms with Gasteiger partial charge in [-0.15, -0.1) is 0 Å². The fraction of sp³-hybridized carbons (Fsp3) is 0.533. The van der Waals surface area contributed by atoms with Crippen LogP contribution in [-0.2, 0) is 0 Å². The van der Waals surface area contributed by atoms with Crippen LogP contribution in [0.15, 0.2) is 18.2 Å². The van der Waals surface area contributed by atoms with Crippen LogP contribution in [0.2, 0.25) is 0 Å². The lowest BCUT2D eigenvalue weighted by Crippen LogP contribution is -2.35. The minimum absolute atomic E-state index is 0.0481. The lowest BCUT2D eigenvalue weighted by Gasteiger charge is -2.18. The maximum atomic E-state index is 13.6. The second-order valence-electron chi connectivity index (χ2n) is 5.59. The van der Waals surface area contributed by atoms with Gasteiger partial charge in [0.1, 0.15) is 5.82 Å². The standard InChI is InChI=1S/C15H22FN3O/c1-10-4-2-5-11(9-8-10)18-15(20)12-6-3-7-13(16)14(12)19-17/h3,6-7,10-11,19H,2,4-5,8-9,17H2,1H3,(H,18,20). The zero-order valence-corrected chi connectivity index (χ0v) is 11.8. The maximum Gasteiger partial charge on any atom is 0.253 e. The van der Waals surface area contributed by atoms with Crippen LogP contribution in [0.3, 0.4) is 0 Å². The number of hydrogen-bond acceptors (Lipinski definition) is 3. The van der Waals surface area contributed by atoms with E-state index in [-0.39, 0.29) is 23.2 Å². The van der Waals surface area contributed by atoms with Gasteiger partial charge in [-0.2, -0.15) is 0 Å². The van der Waals surface area contributed by atoms with Crippen molar-refractivity contribution in [2.24, 2.45) is 11.8 Å². The van der Waals surface area contributed by atoms with Crippen molar-refractivity contribution >= 4 is 11.6 Å². The summed E-state index contributed by atoms with van der Waals surface area (Å²) in [6.07, 6.45) is 5.42. The Balaban J connectivity index is 2.06. The Hall–Kier alpha value is -1.62. The van der Waals surface area contributed by atoms with Crippen molar-refractivity contribution in [3.63, 3.8) is 0 Å². The Labute approximate surface area is 118 Å². The molecule has 2 unspecified atom stereocenters. The summed E-state index contributed by atoms with van der Waals surface area (Å²) in [6, 6.07) is 4.54. The molecule has 0 aliphatic heterocycles. The van der Waals surface area contributed by atoms with Gasteiger partial charge in [0.25, 0.3) is 5.91 Å². The highest BCUT2D eigenvalue weighted by Gasteiger charge is 2.20. The first kappa shape index (κ1) is 14.8. The monoisotopic (exact) mass is 279 g/mol. The molecule has 2 rings (SSSR count). The molecule has 0 saturated heterocycles. The molecule has 1 amide bonds. The van der Waals surface area contributed by atoms with E-state index in [0.717, 1.165) is 25.7 Å². The highest BCUT2D eigenvalue weighted by Crippen LogP contribution is 2.24. The van der Waals surface area contributed by atoms with Crippen molar-refractivity contribution < 1.29 is 9.18 Å². The van der Waals surface area contributed by atoms with Crippen LogP contribution in [0.25, 0.3) is 0 Å². The molecule has 4 nitrogen and oxygen atoms in total. The van der Waals surface area contributed by atoms with E-state index in [2.05, 4.69) is 17.7 Å². The Bertz CT molecular complexity index is 478. The predicted octanol–water partition coefficient (Wildman–Crippen LogP) is 2.81. The number of nitrogen functional groups attached to an aromatic ring is 1. The molecule has 0 radical (unpaired) electrons. The van der Waals surface area contributed by atoms with E-state index in [9.17, 15) is 9.18 Å². The Morgan fingerprint density at radius 2 is 2.10 bits per heavy atom. The first-order valence-corrected chi connectivity index (χ1v) is 7.17. The van der Waals surface area contributed by atoms with E-state index < -0.39 is 5.82 Å². The first-order chi connectivity index (χ1) is 9.61. The van der Waals surface area contributed by atoms with Gasteiger partial charge in [-0.1, -0.05) is 25.8 Å². The van der Waals surface area contributed by atoms with Gasteiger partial charge >= 0.3 is 0 Å². The third-order valence-corrected chi connectivity index (χ3v) is 4.00. The molecule has 0 heterocycles. The van der Waals surface area contributed by atoms with Crippen LogP contribution < -0.4 is 16.6 Å². The van der Waals surface area contributed by atoms with E-state index in [0.29, 0.717) is 5.92 Å². The Morgan fingerprint density at radius 1 is 1.30 bits per heavy atom. The SMILES string of the molecule is CC1CCCC(NC(=O)c2cccc(F)c2NN)CC1. The van der Waals surface area contributed by atoms with Crippen LogP contribution in [-0.4, -0.2) is 11.9 Å². The highest BCUT2D eigenvalue weighted by atomic mass is 19.1. The lowest BCUT2D eigenvalue weighted by molar-refractivity contribution is 0.0933. The summed E-state index contributed by atoms with van der Waals surface area (Å²) in [5.74, 6) is 5.23. The zero-order valence-electron chi connectivity index (χ0n) is 11.8. The molecule has 1 aromatic rings. The van der Waals surface area contributed by atoms with Crippen molar-refractivity contribution in [3.8, 4) is 0 Å². The summed E-state index contributed by atoms with van der Waals surface area (Å²) in [4.78, 5) is 12.3. The molecule has 0 spiro atoms. The van der Waals surface area contributed by atoms with Gasteiger partial charge in [-0.05, 0) is 37.3 Å². The minimum Gasteiger partial charge on any atom is -0.349 e. The van der Waals surface area contributed by atoms with Gasteiger partial charge in [0.2, 0.25) is 0 Å². The van der Waals surface area contributed by atoms with Gasteiger partial charge in [0, 0.05) is 6.04 Å².